The van der Waals surface area contributed by atoms with Crippen LogP contribution in [0, 0.1) is 0 Å². The molecule has 3 heteroatoms. The normalized spacial score (nSPS) is 10.9. The quantitative estimate of drug-likeness (QED) is 0.527. The lowest BCUT2D eigenvalue weighted by atomic mass is 9.70. The molecule has 4 aromatic carbocycles. The van der Waals surface area contributed by atoms with Gasteiger partial charge in [0, 0.05) is 0 Å². The van der Waals surface area contributed by atoms with Crippen LogP contribution in [0.2, 0.25) is 0 Å². The van der Waals surface area contributed by atoms with Crippen molar-refractivity contribution >= 4 is 46.3 Å². The molecule has 2 nitrogen and oxygen atoms in total. The first-order valence-corrected chi connectivity index (χ1v) is 8.84. The van der Waals surface area contributed by atoms with Crippen LogP contribution in [0.3, 0.4) is 0 Å². The van der Waals surface area contributed by atoms with Crippen molar-refractivity contribution in [1.29, 1.82) is 0 Å². The molecule has 130 valence electrons. The highest BCUT2D eigenvalue weighted by atomic mass is 16.4. The van der Waals surface area contributed by atoms with Gasteiger partial charge in [-0.2, -0.15) is 0 Å². The molecule has 4 rings (SSSR count). The lowest BCUT2D eigenvalue weighted by Gasteiger charge is -2.19. The van der Waals surface area contributed by atoms with Gasteiger partial charge in [-0.1, -0.05) is 86.0 Å². The van der Waals surface area contributed by atoms with Crippen LogP contribution in [-0.2, 0) is 0 Å². The summed E-state index contributed by atoms with van der Waals surface area (Å²) in [5.41, 5.74) is 4.08. The number of fused-ring (bicyclic) bond motifs is 2. The van der Waals surface area contributed by atoms with Crippen LogP contribution >= 0.6 is 0 Å². The predicted octanol–water partition coefficient (Wildman–Crippen LogP) is 4.63. The summed E-state index contributed by atoms with van der Waals surface area (Å²) in [6, 6.07) is 22.4. The first-order valence-electron chi connectivity index (χ1n) is 8.84. The van der Waals surface area contributed by atoms with E-state index in [0.717, 1.165) is 32.8 Å². The third-order valence-electron chi connectivity index (χ3n) is 5.04. The Morgan fingerprint density at radius 2 is 1.33 bits per heavy atom. The summed E-state index contributed by atoms with van der Waals surface area (Å²) in [6.45, 7) is 7.89. The van der Waals surface area contributed by atoms with Gasteiger partial charge >= 0.3 is 7.12 Å². The van der Waals surface area contributed by atoms with E-state index in [1.807, 2.05) is 36.4 Å². The first kappa shape index (κ1) is 17.3. The van der Waals surface area contributed by atoms with Crippen molar-refractivity contribution in [3.63, 3.8) is 0 Å². The van der Waals surface area contributed by atoms with Crippen LogP contribution < -0.4 is 5.46 Å². The average molecular weight is 350 g/mol. The Kier molecular flexibility index (Phi) is 4.40. The Morgan fingerprint density at radius 1 is 0.704 bits per heavy atom. The van der Waals surface area contributed by atoms with Crippen molar-refractivity contribution < 1.29 is 10.0 Å². The minimum Gasteiger partial charge on any atom is -0.423 e. The minimum atomic E-state index is -1.59. The lowest BCUT2D eigenvalue weighted by molar-refractivity contribution is 0.426. The molecule has 0 atom stereocenters. The van der Waals surface area contributed by atoms with E-state index in [2.05, 4.69) is 43.5 Å². The molecule has 0 aromatic heterocycles. The molecule has 0 fully saturated rings. The number of hydrogen-bond donors (Lipinski definition) is 2. The zero-order valence-corrected chi connectivity index (χ0v) is 14.9. The molecular formula is C24H19BO2. The van der Waals surface area contributed by atoms with Crippen molar-refractivity contribution in [1.82, 2.24) is 0 Å². The van der Waals surface area contributed by atoms with Crippen LogP contribution in [0.4, 0.5) is 0 Å². The standard InChI is InChI=1S/C24H19BO2/c1-3-19-20(4-2)24(25(26)27)22-12-8-7-11-21(22)23(19)18-14-13-16-9-5-6-10-17(16)15-18/h3-15,26-27H,1-2H2. The summed E-state index contributed by atoms with van der Waals surface area (Å²) < 4.78 is 0. The molecule has 0 aliphatic heterocycles. The number of rotatable bonds is 4. The monoisotopic (exact) mass is 350 g/mol. The van der Waals surface area contributed by atoms with E-state index in [4.69, 9.17) is 0 Å². The molecule has 27 heavy (non-hydrogen) atoms. The van der Waals surface area contributed by atoms with Gasteiger partial charge in [-0.15, -0.1) is 0 Å². The smallest absolute Gasteiger partial charge is 0.423 e. The SMILES string of the molecule is C=Cc1c(C=C)c(-c2ccc3ccccc3c2)c2ccccc2c1B(O)O. The zero-order valence-electron chi connectivity index (χ0n) is 14.9. The van der Waals surface area contributed by atoms with Gasteiger partial charge < -0.3 is 10.0 Å². The second-order valence-corrected chi connectivity index (χ2v) is 6.51. The van der Waals surface area contributed by atoms with Gasteiger partial charge in [0.15, 0.2) is 0 Å². The Labute approximate surface area is 158 Å². The second-order valence-electron chi connectivity index (χ2n) is 6.51. The van der Waals surface area contributed by atoms with E-state index in [0.29, 0.717) is 11.0 Å². The van der Waals surface area contributed by atoms with E-state index in [-0.39, 0.29) is 0 Å². The van der Waals surface area contributed by atoms with Crippen LogP contribution in [0.15, 0.2) is 79.9 Å². The molecule has 2 N–H and O–H groups in total. The van der Waals surface area contributed by atoms with Crippen molar-refractivity contribution in [2.45, 2.75) is 0 Å². The minimum absolute atomic E-state index is 0.458. The molecule has 0 saturated carbocycles. The molecule has 0 aliphatic rings. The third-order valence-corrected chi connectivity index (χ3v) is 5.04. The van der Waals surface area contributed by atoms with Gasteiger partial charge in [0.1, 0.15) is 0 Å². The third kappa shape index (κ3) is 2.78. The molecule has 0 aliphatic carbocycles. The molecule has 0 saturated heterocycles. The molecule has 4 aromatic rings. The number of hydrogen-bond acceptors (Lipinski definition) is 2. The summed E-state index contributed by atoms with van der Waals surface area (Å²) >= 11 is 0. The van der Waals surface area contributed by atoms with Gasteiger partial charge in [-0.05, 0) is 55.3 Å². The molecule has 0 spiro atoms. The van der Waals surface area contributed by atoms with Gasteiger partial charge in [0.05, 0.1) is 0 Å². The van der Waals surface area contributed by atoms with Crippen molar-refractivity contribution in [2.24, 2.45) is 0 Å². The maximum absolute atomic E-state index is 10.0. The van der Waals surface area contributed by atoms with Gasteiger partial charge in [-0.25, -0.2) is 0 Å². The Hall–Kier alpha value is -3.14. The molecule has 0 radical (unpaired) electrons. The van der Waals surface area contributed by atoms with Crippen LogP contribution in [0.1, 0.15) is 11.1 Å². The summed E-state index contributed by atoms with van der Waals surface area (Å²) in [4.78, 5) is 0. The molecule has 0 bridgehead atoms. The van der Waals surface area contributed by atoms with E-state index in [1.54, 1.807) is 12.2 Å². The fourth-order valence-corrected chi connectivity index (χ4v) is 3.87. The van der Waals surface area contributed by atoms with Crippen LogP contribution in [-0.4, -0.2) is 17.2 Å². The fourth-order valence-electron chi connectivity index (χ4n) is 3.87. The topological polar surface area (TPSA) is 40.5 Å². The Morgan fingerprint density at radius 3 is 2.00 bits per heavy atom. The highest BCUT2D eigenvalue weighted by molar-refractivity contribution is 6.63. The van der Waals surface area contributed by atoms with Crippen molar-refractivity contribution in [3.8, 4) is 11.1 Å². The van der Waals surface area contributed by atoms with E-state index >= 15 is 0 Å². The number of benzene rings is 4. The fraction of sp³-hybridized carbons (Fsp3) is 0. The second kappa shape index (κ2) is 6.88. The summed E-state index contributed by atoms with van der Waals surface area (Å²) in [7, 11) is -1.59. The Bertz CT molecular complexity index is 1190. The summed E-state index contributed by atoms with van der Waals surface area (Å²) in [5.74, 6) is 0. The Balaban J connectivity index is 2.17. The van der Waals surface area contributed by atoms with Gasteiger partial charge in [0.2, 0.25) is 0 Å². The van der Waals surface area contributed by atoms with E-state index in [1.165, 1.54) is 5.39 Å². The largest absolute Gasteiger partial charge is 0.489 e. The lowest BCUT2D eigenvalue weighted by Crippen LogP contribution is -2.33. The van der Waals surface area contributed by atoms with Crippen molar-refractivity contribution in [2.75, 3.05) is 0 Å². The van der Waals surface area contributed by atoms with E-state index < -0.39 is 7.12 Å². The molecular weight excluding hydrogens is 331 g/mol. The molecule has 0 unspecified atom stereocenters. The van der Waals surface area contributed by atoms with Gasteiger partial charge in [0.25, 0.3) is 0 Å². The predicted molar refractivity (Wildman–Crippen MR) is 117 cm³/mol. The van der Waals surface area contributed by atoms with Crippen LogP contribution in [0.25, 0.3) is 44.8 Å². The van der Waals surface area contributed by atoms with E-state index in [9.17, 15) is 10.0 Å². The van der Waals surface area contributed by atoms with Crippen molar-refractivity contribution in [3.05, 3.63) is 91.0 Å². The maximum Gasteiger partial charge on any atom is 0.489 e. The average Bonchev–Trinajstić information content (AvgIpc) is 2.71. The maximum atomic E-state index is 10.0. The highest BCUT2D eigenvalue weighted by Gasteiger charge is 2.24. The molecule has 0 amide bonds. The first-order chi connectivity index (χ1) is 13.2. The van der Waals surface area contributed by atoms with Crippen LogP contribution in [0.5, 0.6) is 0 Å². The summed E-state index contributed by atoms with van der Waals surface area (Å²) in [6.07, 6.45) is 3.43. The zero-order chi connectivity index (χ0) is 19.0. The molecule has 0 heterocycles. The van der Waals surface area contributed by atoms with Gasteiger partial charge in [-0.3, -0.25) is 0 Å². The highest BCUT2D eigenvalue weighted by Crippen LogP contribution is 2.36. The summed E-state index contributed by atoms with van der Waals surface area (Å²) in [5, 5.41) is 24.1.